The maximum Gasteiger partial charge on any atom is 0.0725 e. The number of nitrogens with zero attached hydrogens (tertiary/aromatic N) is 1. The highest BCUT2D eigenvalue weighted by Crippen LogP contribution is 2.63. The zero-order valence-corrected chi connectivity index (χ0v) is 31.1. The molecule has 1 spiro atoms. The van der Waals surface area contributed by atoms with Crippen LogP contribution in [0.1, 0.15) is 27.8 Å². The first-order valence-corrected chi connectivity index (χ1v) is 19.2. The monoisotopic (exact) mass is 713 g/mol. The van der Waals surface area contributed by atoms with Crippen molar-refractivity contribution in [2.45, 2.75) is 5.41 Å². The predicted molar refractivity (Wildman–Crippen MR) is 237 cm³/mol. The second-order valence-corrected chi connectivity index (χ2v) is 14.6. The second kappa shape index (κ2) is 13.6. The van der Waals surface area contributed by atoms with Crippen LogP contribution in [0.5, 0.6) is 0 Å². The molecule has 1 heteroatoms. The van der Waals surface area contributed by atoms with Gasteiger partial charge in [-0.25, -0.2) is 0 Å². The van der Waals surface area contributed by atoms with E-state index in [0.717, 1.165) is 28.2 Å². The summed E-state index contributed by atoms with van der Waals surface area (Å²) >= 11 is 0. The minimum atomic E-state index is -0.423. The van der Waals surface area contributed by atoms with Gasteiger partial charge in [0.1, 0.15) is 0 Å². The smallest absolute Gasteiger partial charge is 0.0725 e. The molecule has 0 aliphatic heterocycles. The van der Waals surface area contributed by atoms with Crippen LogP contribution < -0.4 is 4.90 Å². The largest absolute Gasteiger partial charge is 0.310 e. The number of anilines is 3. The van der Waals surface area contributed by atoms with Crippen molar-refractivity contribution in [3.63, 3.8) is 0 Å². The van der Waals surface area contributed by atoms with E-state index in [1.54, 1.807) is 0 Å². The normalized spacial score (nSPS) is 14.8. The lowest BCUT2D eigenvalue weighted by molar-refractivity contribution is 0.794. The van der Waals surface area contributed by atoms with Crippen molar-refractivity contribution in [2.24, 2.45) is 0 Å². The summed E-state index contributed by atoms with van der Waals surface area (Å²) < 4.78 is 0. The zero-order chi connectivity index (χ0) is 37.6. The lowest BCUT2D eigenvalue weighted by Gasteiger charge is -2.31. The topological polar surface area (TPSA) is 3.24 Å². The molecule has 8 aromatic rings. The first-order valence-electron chi connectivity index (χ1n) is 19.2. The zero-order valence-electron chi connectivity index (χ0n) is 31.1. The highest BCUT2D eigenvalue weighted by molar-refractivity contribution is 5.97. The van der Waals surface area contributed by atoms with E-state index >= 15 is 0 Å². The Morgan fingerprint density at radius 2 is 0.839 bits per heavy atom. The Morgan fingerprint density at radius 3 is 1.43 bits per heavy atom. The van der Waals surface area contributed by atoms with Crippen molar-refractivity contribution < 1.29 is 0 Å². The molecule has 1 unspecified atom stereocenters. The van der Waals surface area contributed by atoms with Crippen LogP contribution >= 0.6 is 0 Å². The third kappa shape index (κ3) is 5.16. The van der Waals surface area contributed by atoms with Gasteiger partial charge in [-0.3, -0.25) is 0 Å². The van der Waals surface area contributed by atoms with Gasteiger partial charge in [0, 0.05) is 17.1 Å². The van der Waals surface area contributed by atoms with E-state index in [2.05, 4.69) is 212 Å². The van der Waals surface area contributed by atoms with Gasteiger partial charge in [0.2, 0.25) is 0 Å². The van der Waals surface area contributed by atoms with Gasteiger partial charge in [-0.1, -0.05) is 183 Å². The summed E-state index contributed by atoms with van der Waals surface area (Å²) in [7, 11) is 0. The van der Waals surface area contributed by atoms with Crippen LogP contribution in [0.3, 0.4) is 0 Å². The summed E-state index contributed by atoms with van der Waals surface area (Å²) in [6.07, 6.45) is 5.69. The molecule has 1 atom stereocenters. The molecular weight excluding hydrogens is 675 g/mol. The quantitative estimate of drug-likeness (QED) is 0.142. The summed E-state index contributed by atoms with van der Waals surface area (Å²) in [5, 5.41) is 0. The lowest BCUT2D eigenvalue weighted by atomic mass is 9.70. The van der Waals surface area contributed by atoms with Gasteiger partial charge in [0.15, 0.2) is 0 Å². The summed E-state index contributed by atoms with van der Waals surface area (Å²) in [4.78, 5) is 2.37. The molecule has 10 rings (SSSR count). The molecule has 0 heterocycles. The van der Waals surface area contributed by atoms with Crippen molar-refractivity contribution in [3.05, 3.63) is 253 Å². The molecular formula is C55H39N. The average molecular weight is 714 g/mol. The predicted octanol–water partition coefficient (Wildman–Crippen LogP) is 14.6. The van der Waals surface area contributed by atoms with Crippen molar-refractivity contribution >= 4 is 22.6 Å². The van der Waals surface area contributed by atoms with E-state index in [1.807, 2.05) is 18.2 Å². The third-order valence-electron chi connectivity index (χ3n) is 11.6. The molecule has 2 aliphatic carbocycles. The second-order valence-electron chi connectivity index (χ2n) is 14.6. The number of fused-ring (bicyclic) bond motifs is 10. The molecule has 0 saturated heterocycles. The Morgan fingerprint density at radius 1 is 0.393 bits per heavy atom. The Bertz CT molecular complexity index is 2810. The first-order chi connectivity index (χ1) is 27.7. The van der Waals surface area contributed by atoms with Gasteiger partial charge >= 0.3 is 0 Å². The minimum Gasteiger partial charge on any atom is -0.310 e. The molecule has 56 heavy (non-hydrogen) atoms. The van der Waals surface area contributed by atoms with Crippen molar-refractivity contribution in [1.29, 1.82) is 0 Å². The number of hydrogen-bond donors (Lipinski definition) is 0. The van der Waals surface area contributed by atoms with E-state index in [9.17, 15) is 0 Å². The summed E-state index contributed by atoms with van der Waals surface area (Å²) in [5.74, 6) is 0. The van der Waals surface area contributed by atoms with Crippen molar-refractivity contribution in [1.82, 2.24) is 0 Å². The molecule has 0 N–H and O–H groups in total. The number of rotatable bonds is 8. The summed E-state index contributed by atoms with van der Waals surface area (Å²) in [6.45, 7) is 7.95. The van der Waals surface area contributed by atoms with Crippen LogP contribution in [0.4, 0.5) is 17.1 Å². The van der Waals surface area contributed by atoms with Crippen LogP contribution in [0, 0.1) is 0 Å². The maximum atomic E-state index is 4.04. The summed E-state index contributed by atoms with van der Waals surface area (Å²) in [6, 6.07) is 71.2. The van der Waals surface area contributed by atoms with Gasteiger partial charge < -0.3 is 4.90 Å². The van der Waals surface area contributed by atoms with Crippen LogP contribution in [0.15, 0.2) is 226 Å². The van der Waals surface area contributed by atoms with Crippen molar-refractivity contribution in [3.8, 4) is 44.5 Å². The van der Waals surface area contributed by atoms with Gasteiger partial charge in [-0.2, -0.15) is 0 Å². The fourth-order valence-electron chi connectivity index (χ4n) is 9.18. The fraction of sp³-hybridized carbons (Fsp3) is 0.0182. The highest BCUT2D eigenvalue weighted by atomic mass is 15.1. The summed E-state index contributed by atoms with van der Waals surface area (Å²) in [5.41, 5.74) is 20.3. The standard InChI is InChI=1S/C55H39N/c1-3-15-38(4-2)41-24-29-44(30-25-41)56(45-31-26-42(27-32-45)39-16-7-5-8-17-39)46-33-35-54-50(37-46)48-21-12-14-23-52(48)55(54)51-22-13-11-20-47(51)49-36-43(28-34-53(49)55)40-18-9-6-10-19-40/h3-37H,1-2H2/b38-15+. The highest BCUT2D eigenvalue weighted by Gasteiger charge is 2.51. The Kier molecular flexibility index (Phi) is 8.08. The fourth-order valence-corrected chi connectivity index (χ4v) is 9.18. The van der Waals surface area contributed by atoms with E-state index in [0.29, 0.717) is 0 Å². The number of benzene rings is 8. The minimum absolute atomic E-state index is 0.423. The Hall–Kier alpha value is -7.22. The van der Waals surface area contributed by atoms with Crippen LogP contribution in [-0.2, 0) is 5.41 Å². The van der Waals surface area contributed by atoms with Gasteiger partial charge in [-0.15, -0.1) is 0 Å². The average Bonchev–Trinajstić information content (AvgIpc) is 3.73. The number of allylic oxidation sites excluding steroid dienone is 4. The van der Waals surface area contributed by atoms with E-state index in [1.165, 1.54) is 66.8 Å². The van der Waals surface area contributed by atoms with Crippen LogP contribution in [0.25, 0.3) is 50.1 Å². The van der Waals surface area contributed by atoms with Gasteiger partial charge in [0.25, 0.3) is 0 Å². The van der Waals surface area contributed by atoms with Crippen molar-refractivity contribution in [2.75, 3.05) is 4.90 Å². The van der Waals surface area contributed by atoms with Gasteiger partial charge in [0.05, 0.1) is 5.41 Å². The SMILES string of the molecule is C=C/C=C(\C=C)c1ccc(N(c2ccc(-c3ccccc3)cc2)c2ccc3c(c2)-c2ccccc2C32c3ccccc3-c3cc(-c4ccccc4)ccc32)cc1. The Balaban J connectivity index is 1.16. The molecule has 0 saturated carbocycles. The third-order valence-corrected chi connectivity index (χ3v) is 11.6. The molecule has 0 fully saturated rings. The molecule has 0 bridgehead atoms. The maximum absolute atomic E-state index is 4.04. The number of hydrogen-bond acceptors (Lipinski definition) is 1. The van der Waals surface area contributed by atoms with E-state index < -0.39 is 5.41 Å². The first kappa shape index (κ1) is 33.4. The van der Waals surface area contributed by atoms with E-state index in [4.69, 9.17) is 0 Å². The molecule has 2 aliphatic rings. The molecule has 8 aromatic carbocycles. The van der Waals surface area contributed by atoms with Crippen LogP contribution in [0.2, 0.25) is 0 Å². The molecule has 0 amide bonds. The Labute approximate surface area is 329 Å². The van der Waals surface area contributed by atoms with Crippen LogP contribution in [-0.4, -0.2) is 0 Å². The van der Waals surface area contributed by atoms with Gasteiger partial charge in [-0.05, 0) is 120 Å². The lowest BCUT2D eigenvalue weighted by Crippen LogP contribution is -2.25. The molecule has 0 radical (unpaired) electrons. The van der Waals surface area contributed by atoms with E-state index in [-0.39, 0.29) is 0 Å². The molecule has 1 nitrogen and oxygen atoms in total. The molecule has 264 valence electrons. The molecule has 0 aromatic heterocycles.